The normalized spacial score (nSPS) is 17.0. The molecule has 2 heterocycles. The van der Waals surface area contributed by atoms with Crippen LogP contribution in [-0.2, 0) is 23.2 Å². The van der Waals surface area contributed by atoms with E-state index in [1.807, 2.05) is 0 Å². The van der Waals surface area contributed by atoms with Gasteiger partial charge in [-0.3, -0.25) is 0 Å². The number of aryl methyl sites for hydroxylation is 2. The van der Waals surface area contributed by atoms with E-state index in [9.17, 15) is 12.3 Å². The van der Waals surface area contributed by atoms with E-state index >= 15 is 0 Å². The molecule has 0 saturated carbocycles. The highest BCUT2D eigenvalue weighted by Crippen LogP contribution is 2.18. The van der Waals surface area contributed by atoms with Gasteiger partial charge in [-0.1, -0.05) is 3.89 Å². The molecular weight excluding hydrogens is 195 g/mol. The van der Waals surface area contributed by atoms with Gasteiger partial charge in [0.15, 0.2) is 0 Å². The molecule has 4 nitrogen and oxygen atoms in total. The van der Waals surface area contributed by atoms with Crippen LogP contribution in [-0.4, -0.2) is 18.0 Å². The zero-order valence-corrected chi connectivity index (χ0v) is 7.72. The first-order chi connectivity index (χ1) is 6.07. The predicted molar refractivity (Wildman–Crippen MR) is 43.5 cm³/mol. The van der Waals surface area contributed by atoms with Gasteiger partial charge >= 0.3 is 10.2 Å². The lowest BCUT2D eigenvalue weighted by Gasteiger charge is -2.11. The smallest absolute Gasteiger partial charge is 0.333 e. The van der Waals surface area contributed by atoms with Crippen molar-refractivity contribution in [3.63, 3.8) is 0 Å². The molecule has 0 unspecified atom stereocenters. The van der Waals surface area contributed by atoms with Gasteiger partial charge in [0.25, 0.3) is 0 Å². The summed E-state index contributed by atoms with van der Waals surface area (Å²) in [5.41, 5.74) is 0. The SMILES string of the molecule is O=S(=O)(F)c1cn2c(n1)CCCC2. The van der Waals surface area contributed by atoms with Crippen molar-refractivity contribution in [2.45, 2.75) is 30.8 Å². The number of halogens is 1. The highest BCUT2D eigenvalue weighted by atomic mass is 32.3. The molecule has 13 heavy (non-hydrogen) atoms. The van der Waals surface area contributed by atoms with Gasteiger partial charge in [0, 0.05) is 19.2 Å². The second-order valence-corrected chi connectivity index (χ2v) is 4.38. The maximum Gasteiger partial charge on any atom is 0.351 e. The third kappa shape index (κ3) is 1.58. The third-order valence-electron chi connectivity index (χ3n) is 2.14. The maximum atomic E-state index is 12.5. The van der Waals surface area contributed by atoms with E-state index < -0.39 is 15.2 Å². The molecule has 1 aliphatic rings. The Balaban J connectivity index is 2.47. The molecule has 0 saturated heterocycles. The van der Waals surface area contributed by atoms with Gasteiger partial charge in [0.2, 0.25) is 5.03 Å². The van der Waals surface area contributed by atoms with Gasteiger partial charge in [0.1, 0.15) is 5.82 Å². The number of fused-ring (bicyclic) bond motifs is 1. The summed E-state index contributed by atoms with van der Waals surface area (Å²) in [5, 5.41) is -0.454. The van der Waals surface area contributed by atoms with E-state index in [0.717, 1.165) is 25.8 Å². The van der Waals surface area contributed by atoms with Crippen molar-refractivity contribution < 1.29 is 12.3 Å². The Morgan fingerprint density at radius 1 is 1.46 bits per heavy atom. The maximum absolute atomic E-state index is 12.5. The van der Waals surface area contributed by atoms with Crippen LogP contribution in [0.2, 0.25) is 0 Å². The summed E-state index contributed by atoms with van der Waals surface area (Å²) in [6.07, 6.45) is 3.98. The van der Waals surface area contributed by atoms with Gasteiger partial charge in [0.05, 0.1) is 0 Å². The van der Waals surface area contributed by atoms with Crippen LogP contribution in [0.25, 0.3) is 0 Å². The summed E-state index contributed by atoms with van der Waals surface area (Å²) >= 11 is 0. The molecule has 2 rings (SSSR count). The highest BCUT2D eigenvalue weighted by molar-refractivity contribution is 7.86. The molecule has 0 fully saturated rings. The van der Waals surface area contributed by atoms with E-state index in [0.29, 0.717) is 5.82 Å². The lowest BCUT2D eigenvalue weighted by atomic mass is 10.2. The number of rotatable bonds is 1. The van der Waals surface area contributed by atoms with Crippen LogP contribution in [0, 0.1) is 0 Å². The monoisotopic (exact) mass is 204 g/mol. The zero-order valence-electron chi connectivity index (χ0n) is 6.90. The Morgan fingerprint density at radius 2 is 2.23 bits per heavy atom. The Kier molecular flexibility index (Phi) is 1.87. The average molecular weight is 204 g/mol. The highest BCUT2D eigenvalue weighted by Gasteiger charge is 2.20. The fourth-order valence-corrected chi connectivity index (χ4v) is 1.97. The van der Waals surface area contributed by atoms with Crippen LogP contribution in [0.1, 0.15) is 18.7 Å². The van der Waals surface area contributed by atoms with Crippen LogP contribution in [0.3, 0.4) is 0 Å². The van der Waals surface area contributed by atoms with Gasteiger partial charge in [-0.05, 0) is 12.8 Å². The van der Waals surface area contributed by atoms with Crippen molar-refractivity contribution in [1.82, 2.24) is 9.55 Å². The molecule has 0 radical (unpaired) electrons. The van der Waals surface area contributed by atoms with Crippen LogP contribution < -0.4 is 0 Å². The second-order valence-electron chi connectivity index (χ2n) is 3.08. The molecular formula is C7H9FN2O2S. The Labute approximate surface area is 75.6 Å². The van der Waals surface area contributed by atoms with Crippen LogP contribution in [0.15, 0.2) is 11.2 Å². The van der Waals surface area contributed by atoms with E-state index in [1.54, 1.807) is 4.57 Å². The van der Waals surface area contributed by atoms with Gasteiger partial charge in [-0.25, -0.2) is 4.98 Å². The topological polar surface area (TPSA) is 52.0 Å². The number of aromatic nitrogens is 2. The summed E-state index contributed by atoms with van der Waals surface area (Å²) in [4.78, 5) is 3.72. The number of hydrogen-bond donors (Lipinski definition) is 0. The summed E-state index contributed by atoms with van der Waals surface area (Å²) in [7, 11) is -4.63. The van der Waals surface area contributed by atoms with Crippen molar-refractivity contribution in [2.75, 3.05) is 0 Å². The largest absolute Gasteiger partial charge is 0.351 e. The Bertz CT molecular complexity index is 400. The van der Waals surface area contributed by atoms with Crippen LogP contribution in [0.4, 0.5) is 3.89 Å². The molecule has 1 aromatic rings. The first-order valence-corrected chi connectivity index (χ1v) is 5.46. The third-order valence-corrected chi connectivity index (χ3v) is 2.83. The van der Waals surface area contributed by atoms with Crippen molar-refractivity contribution in [1.29, 1.82) is 0 Å². The second kappa shape index (κ2) is 2.80. The predicted octanol–water partition coefficient (Wildman–Crippen LogP) is 0.878. The van der Waals surface area contributed by atoms with Crippen molar-refractivity contribution >= 4 is 10.2 Å². The van der Waals surface area contributed by atoms with Gasteiger partial charge < -0.3 is 4.57 Å². The van der Waals surface area contributed by atoms with Crippen LogP contribution in [0.5, 0.6) is 0 Å². The number of hydrogen-bond acceptors (Lipinski definition) is 3. The minimum absolute atomic E-state index is 0.454. The summed E-state index contributed by atoms with van der Waals surface area (Å²) < 4.78 is 35.2. The first-order valence-electron chi connectivity index (χ1n) is 4.08. The van der Waals surface area contributed by atoms with E-state index in [4.69, 9.17) is 0 Å². The lowest BCUT2D eigenvalue weighted by Crippen LogP contribution is -2.08. The molecule has 1 aromatic heterocycles. The van der Waals surface area contributed by atoms with Crippen molar-refractivity contribution in [3.05, 3.63) is 12.0 Å². The Morgan fingerprint density at radius 3 is 2.85 bits per heavy atom. The summed E-state index contributed by atoms with van der Waals surface area (Å²) in [5.74, 6) is 0.669. The fourth-order valence-electron chi connectivity index (χ4n) is 1.50. The molecule has 0 aromatic carbocycles. The molecule has 0 atom stereocenters. The molecule has 0 bridgehead atoms. The quantitative estimate of drug-likeness (QED) is 0.638. The molecule has 0 amide bonds. The molecule has 72 valence electrons. The van der Waals surface area contributed by atoms with Crippen molar-refractivity contribution in [3.8, 4) is 0 Å². The average Bonchev–Trinajstić information content (AvgIpc) is 2.45. The summed E-state index contributed by atoms with van der Waals surface area (Å²) in [6, 6.07) is 0. The number of nitrogens with zero attached hydrogens (tertiary/aromatic N) is 2. The standard InChI is InChI=1S/C7H9FN2O2S/c8-13(11,12)7-5-10-4-2-1-3-6(10)9-7/h5H,1-4H2. The molecule has 0 aliphatic carbocycles. The molecule has 0 N–H and O–H groups in total. The molecule has 6 heteroatoms. The fraction of sp³-hybridized carbons (Fsp3) is 0.571. The van der Waals surface area contributed by atoms with E-state index in [1.165, 1.54) is 6.20 Å². The first kappa shape index (κ1) is 8.68. The molecule has 0 spiro atoms. The zero-order chi connectivity index (χ0) is 9.47. The lowest BCUT2D eigenvalue weighted by molar-refractivity contribution is 0.522. The summed E-state index contributed by atoms with van der Waals surface area (Å²) in [6.45, 7) is 0.734. The van der Waals surface area contributed by atoms with E-state index in [2.05, 4.69) is 4.98 Å². The minimum Gasteiger partial charge on any atom is -0.333 e. The van der Waals surface area contributed by atoms with Crippen LogP contribution >= 0.6 is 0 Å². The number of imidazole rings is 1. The Hall–Kier alpha value is -0.910. The van der Waals surface area contributed by atoms with Gasteiger partial charge in [-0.2, -0.15) is 8.42 Å². The van der Waals surface area contributed by atoms with E-state index in [-0.39, 0.29) is 0 Å². The van der Waals surface area contributed by atoms with Crippen molar-refractivity contribution in [2.24, 2.45) is 0 Å². The minimum atomic E-state index is -4.63. The van der Waals surface area contributed by atoms with Gasteiger partial charge in [-0.15, -0.1) is 0 Å². The molecule has 1 aliphatic heterocycles.